The topological polar surface area (TPSA) is 60.9 Å². The summed E-state index contributed by atoms with van der Waals surface area (Å²) in [7, 11) is 6.39. The van der Waals surface area contributed by atoms with E-state index in [4.69, 9.17) is 14.2 Å². The number of anilines is 1. The molecular weight excluding hydrogens is 352 g/mol. The second-order valence-corrected chi connectivity index (χ2v) is 6.64. The standard InChI is InChI=1S/C19H20N2O4S/c1-21(19-20-13-7-5-6-8-16(13)26-19)17(22)11-12-9-14(23-2)18(25-4)15(10-12)24-3/h5-10H,11H2,1-4H3. The molecule has 0 N–H and O–H groups in total. The van der Waals surface area contributed by atoms with Crippen LogP contribution in [0.5, 0.6) is 17.2 Å². The fraction of sp³-hybridized carbons (Fsp3) is 0.263. The smallest absolute Gasteiger partial charge is 0.232 e. The summed E-state index contributed by atoms with van der Waals surface area (Å²) >= 11 is 1.49. The normalized spacial score (nSPS) is 10.6. The molecule has 3 rings (SSSR count). The second kappa shape index (κ2) is 7.61. The third-order valence-corrected chi connectivity index (χ3v) is 5.14. The molecule has 0 bridgehead atoms. The number of ether oxygens (including phenoxy) is 3. The number of methoxy groups -OCH3 is 3. The van der Waals surface area contributed by atoms with Crippen molar-refractivity contribution in [2.24, 2.45) is 0 Å². The highest BCUT2D eigenvalue weighted by Gasteiger charge is 2.19. The van der Waals surface area contributed by atoms with E-state index in [1.165, 1.54) is 11.3 Å². The maximum Gasteiger partial charge on any atom is 0.232 e. The number of para-hydroxylation sites is 1. The summed E-state index contributed by atoms with van der Waals surface area (Å²) in [6, 6.07) is 11.4. The lowest BCUT2D eigenvalue weighted by Gasteiger charge is -2.16. The lowest BCUT2D eigenvalue weighted by Crippen LogP contribution is -2.27. The molecule has 1 heterocycles. The van der Waals surface area contributed by atoms with Crippen LogP contribution in [0.15, 0.2) is 36.4 Å². The Balaban J connectivity index is 1.84. The van der Waals surface area contributed by atoms with Gasteiger partial charge in [-0.1, -0.05) is 23.5 Å². The number of fused-ring (bicyclic) bond motifs is 1. The molecule has 0 saturated carbocycles. The minimum absolute atomic E-state index is 0.0710. The quantitative estimate of drug-likeness (QED) is 0.662. The van der Waals surface area contributed by atoms with E-state index in [0.717, 1.165) is 15.8 Å². The van der Waals surface area contributed by atoms with Gasteiger partial charge in [-0.15, -0.1) is 0 Å². The van der Waals surface area contributed by atoms with Crippen LogP contribution in [0.4, 0.5) is 5.13 Å². The number of likely N-dealkylation sites (N-methyl/N-ethyl adjacent to an activating group) is 1. The molecule has 0 aliphatic carbocycles. The third-order valence-electron chi connectivity index (χ3n) is 4.02. The first-order chi connectivity index (χ1) is 12.6. The molecule has 2 aromatic carbocycles. The Bertz CT molecular complexity index is 880. The highest BCUT2D eigenvalue weighted by atomic mass is 32.1. The molecule has 3 aromatic rings. The number of rotatable bonds is 6. The van der Waals surface area contributed by atoms with Crippen molar-refractivity contribution in [1.29, 1.82) is 0 Å². The van der Waals surface area contributed by atoms with E-state index in [9.17, 15) is 4.79 Å². The monoisotopic (exact) mass is 372 g/mol. The first kappa shape index (κ1) is 18.0. The Morgan fingerprint density at radius 2 is 1.73 bits per heavy atom. The molecule has 0 radical (unpaired) electrons. The van der Waals surface area contributed by atoms with Crippen LogP contribution in [0.2, 0.25) is 0 Å². The van der Waals surface area contributed by atoms with E-state index in [2.05, 4.69) is 4.98 Å². The maximum absolute atomic E-state index is 12.7. The molecule has 0 aliphatic rings. The van der Waals surface area contributed by atoms with Gasteiger partial charge >= 0.3 is 0 Å². The molecule has 0 spiro atoms. The average molecular weight is 372 g/mol. The van der Waals surface area contributed by atoms with E-state index in [1.54, 1.807) is 45.4 Å². The number of hydrogen-bond donors (Lipinski definition) is 0. The van der Waals surface area contributed by atoms with Crippen LogP contribution in [0.1, 0.15) is 5.56 Å². The Kier molecular flexibility index (Phi) is 5.27. The molecule has 1 aromatic heterocycles. The summed E-state index contributed by atoms with van der Waals surface area (Å²) in [4.78, 5) is 18.8. The SMILES string of the molecule is COc1cc(CC(=O)N(C)c2nc3ccccc3s2)cc(OC)c1OC. The van der Waals surface area contributed by atoms with Gasteiger partial charge in [-0.2, -0.15) is 0 Å². The summed E-state index contributed by atoms with van der Waals surface area (Å²) in [5.74, 6) is 1.48. The molecule has 136 valence electrons. The Morgan fingerprint density at radius 3 is 2.31 bits per heavy atom. The Labute approximate surface area is 155 Å². The number of carbonyl (C=O) groups excluding carboxylic acids is 1. The zero-order valence-corrected chi connectivity index (χ0v) is 15.9. The van der Waals surface area contributed by atoms with Crippen molar-refractivity contribution in [1.82, 2.24) is 4.98 Å². The minimum Gasteiger partial charge on any atom is -0.493 e. The van der Waals surface area contributed by atoms with Gasteiger partial charge in [0.15, 0.2) is 16.6 Å². The zero-order chi connectivity index (χ0) is 18.7. The van der Waals surface area contributed by atoms with Crippen molar-refractivity contribution in [3.8, 4) is 17.2 Å². The Hall–Kier alpha value is -2.80. The number of thiazole rings is 1. The molecule has 0 fully saturated rings. The number of amides is 1. The largest absolute Gasteiger partial charge is 0.493 e. The number of nitrogens with zero attached hydrogens (tertiary/aromatic N) is 2. The maximum atomic E-state index is 12.7. The number of hydrogen-bond acceptors (Lipinski definition) is 6. The fourth-order valence-electron chi connectivity index (χ4n) is 2.64. The number of benzene rings is 2. The lowest BCUT2D eigenvalue weighted by molar-refractivity contribution is -0.117. The molecule has 1 amide bonds. The van der Waals surface area contributed by atoms with Gasteiger partial charge in [0.2, 0.25) is 11.7 Å². The summed E-state index contributed by atoms with van der Waals surface area (Å²) in [6.07, 6.45) is 0.198. The van der Waals surface area contributed by atoms with Crippen LogP contribution < -0.4 is 19.1 Å². The van der Waals surface area contributed by atoms with Crippen LogP contribution in [-0.2, 0) is 11.2 Å². The summed E-state index contributed by atoms with van der Waals surface area (Å²) in [6.45, 7) is 0. The van der Waals surface area contributed by atoms with Crippen molar-refractivity contribution in [3.05, 3.63) is 42.0 Å². The first-order valence-corrected chi connectivity index (χ1v) is 8.80. The van der Waals surface area contributed by atoms with Crippen LogP contribution in [0, 0.1) is 0 Å². The van der Waals surface area contributed by atoms with Crippen LogP contribution in [-0.4, -0.2) is 39.3 Å². The molecule has 26 heavy (non-hydrogen) atoms. The highest BCUT2D eigenvalue weighted by molar-refractivity contribution is 7.22. The van der Waals surface area contributed by atoms with Gasteiger partial charge < -0.3 is 14.2 Å². The van der Waals surface area contributed by atoms with Gasteiger partial charge in [-0.3, -0.25) is 9.69 Å². The van der Waals surface area contributed by atoms with Crippen molar-refractivity contribution < 1.29 is 19.0 Å². The molecule has 6 nitrogen and oxygen atoms in total. The van der Waals surface area contributed by atoms with Gasteiger partial charge in [0.05, 0.1) is 38.0 Å². The van der Waals surface area contributed by atoms with E-state index in [1.807, 2.05) is 24.3 Å². The van der Waals surface area contributed by atoms with Crippen molar-refractivity contribution in [3.63, 3.8) is 0 Å². The van der Waals surface area contributed by atoms with E-state index in [0.29, 0.717) is 22.4 Å². The van der Waals surface area contributed by atoms with E-state index >= 15 is 0 Å². The molecule has 7 heteroatoms. The van der Waals surface area contributed by atoms with Gasteiger partial charge in [0.25, 0.3) is 0 Å². The van der Waals surface area contributed by atoms with E-state index in [-0.39, 0.29) is 12.3 Å². The summed E-state index contributed by atoms with van der Waals surface area (Å²) < 4.78 is 17.1. The van der Waals surface area contributed by atoms with Crippen molar-refractivity contribution in [2.45, 2.75) is 6.42 Å². The average Bonchev–Trinajstić information content (AvgIpc) is 3.10. The zero-order valence-electron chi connectivity index (χ0n) is 15.1. The molecule has 0 atom stereocenters. The predicted molar refractivity (Wildman–Crippen MR) is 103 cm³/mol. The van der Waals surface area contributed by atoms with Crippen LogP contribution >= 0.6 is 11.3 Å². The summed E-state index contributed by atoms with van der Waals surface area (Å²) in [5.41, 5.74) is 1.66. The predicted octanol–water partition coefficient (Wildman–Crippen LogP) is 3.53. The number of carbonyl (C=O) groups is 1. The van der Waals surface area contributed by atoms with Gasteiger partial charge in [-0.05, 0) is 29.8 Å². The molecule has 0 unspecified atom stereocenters. The molecule has 0 saturated heterocycles. The molecular formula is C19H20N2O4S. The fourth-order valence-corrected chi connectivity index (χ4v) is 3.59. The van der Waals surface area contributed by atoms with Crippen LogP contribution in [0.3, 0.4) is 0 Å². The summed E-state index contributed by atoms with van der Waals surface area (Å²) in [5, 5.41) is 0.670. The third kappa shape index (κ3) is 3.43. The highest BCUT2D eigenvalue weighted by Crippen LogP contribution is 2.38. The van der Waals surface area contributed by atoms with Gasteiger partial charge in [0, 0.05) is 7.05 Å². The molecule has 0 aliphatic heterocycles. The van der Waals surface area contributed by atoms with Crippen molar-refractivity contribution in [2.75, 3.05) is 33.3 Å². The Morgan fingerprint density at radius 1 is 1.08 bits per heavy atom. The lowest BCUT2D eigenvalue weighted by atomic mass is 10.1. The number of aromatic nitrogens is 1. The second-order valence-electron chi connectivity index (χ2n) is 5.63. The van der Waals surface area contributed by atoms with Gasteiger partial charge in [0.1, 0.15) is 0 Å². The van der Waals surface area contributed by atoms with Gasteiger partial charge in [-0.25, -0.2) is 4.98 Å². The van der Waals surface area contributed by atoms with Crippen LogP contribution in [0.25, 0.3) is 10.2 Å². The van der Waals surface area contributed by atoms with E-state index < -0.39 is 0 Å². The minimum atomic E-state index is -0.0710. The first-order valence-electron chi connectivity index (χ1n) is 7.98. The van der Waals surface area contributed by atoms with Crippen molar-refractivity contribution >= 4 is 32.6 Å².